The van der Waals surface area contributed by atoms with Crippen LogP contribution in [0.5, 0.6) is 5.75 Å². The first-order chi connectivity index (χ1) is 10.7. The van der Waals surface area contributed by atoms with Gasteiger partial charge in [-0.25, -0.2) is 0 Å². The summed E-state index contributed by atoms with van der Waals surface area (Å²) in [5.74, 6) is 1.76. The van der Waals surface area contributed by atoms with Gasteiger partial charge in [0.05, 0.1) is 13.0 Å². The van der Waals surface area contributed by atoms with E-state index in [0.29, 0.717) is 24.1 Å². The van der Waals surface area contributed by atoms with E-state index in [9.17, 15) is 4.79 Å². The quantitative estimate of drug-likeness (QED) is 0.828. The lowest BCUT2D eigenvalue weighted by Crippen LogP contribution is -2.49. The van der Waals surface area contributed by atoms with Gasteiger partial charge in [0, 0.05) is 17.6 Å². The number of piperidine rings is 1. The summed E-state index contributed by atoms with van der Waals surface area (Å²) in [5.41, 5.74) is 0. The molecule has 0 spiro atoms. The van der Waals surface area contributed by atoms with Gasteiger partial charge in [0.25, 0.3) is 0 Å². The smallest absolute Gasteiger partial charge is 0.226 e. The summed E-state index contributed by atoms with van der Waals surface area (Å²) in [7, 11) is 0. The highest BCUT2D eigenvalue weighted by Crippen LogP contribution is 2.35. The number of benzene rings is 1. The van der Waals surface area contributed by atoms with E-state index in [1.807, 2.05) is 12.1 Å². The third kappa shape index (κ3) is 3.75. The first-order valence-electron chi connectivity index (χ1n) is 8.42. The molecule has 1 saturated carbocycles. The summed E-state index contributed by atoms with van der Waals surface area (Å²) in [6, 6.07) is 7.77. The number of halogens is 1. The van der Waals surface area contributed by atoms with E-state index in [2.05, 4.69) is 4.90 Å². The van der Waals surface area contributed by atoms with Gasteiger partial charge < -0.3 is 9.64 Å². The predicted octanol–water partition coefficient (Wildman–Crippen LogP) is 4.29. The predicted molar refractivity (Wildman–Crippen MR) is 88.3 cm³/mol. The van der Waals surface area contributed by atoms with Gasteiger partial charge in [-0.15, -0.1) is 0 Å². The standard InChI is InChI=1S/C18H24ClNO2/c19-15-7-9-16(10-8-15)22-13-11-18(21)20-12-3-5-14-4-1-2-6-17(14)20/h7-10,14,17H,1-6,11-13H2. The summed E-state index contributed by atoms with van der Waals surface area (Å²) in [6.45, 7) is 1.37. The number of carbonyl (C=O) groups is 1. The molecule has 3 nitrogen and oxygen atoms in total. The van der Waals surface area contributed by atoms with Gasteiger partial charge in [0.15, 0.2) is 0 Å². The molecule has 0 aromatic heterocycles. The third-order valence-corrected chi connectivity index (χ3v) is 5.21. The fourth-order valence-corrected chi connectivity index (χ4v) is 3.99. The Kier molecular flexibility index (Phi) is 5.24. The molecular formula is C18H24ClNO2. The summed E-state index contributed by atoms with van der Waals surface area (Å²) in [6.07, 6.45) is 8.02. The Hall–Kier alpha value is -1.22. The topological polar surface area (TPSA) is 29.5 Å². The van der Waals surface area contributed by atoms with Crippen molar-refractivity contribution in [3.63, 3.8) is 0 Å². The number of rotatable bonds is 4. The highest BCUT2D eigenvalue weighted by Gasteiger charge is 2.35. The van der Waals surface area contributed by atoms with Crippen LogP contribution in [-0.4, -0.2) is 30.0 Å². The monoisotopic (exact) mass is 321 g/mol. The number of fused-ring (bicyclic) bond motifs is 1. The highest BCUT2D eigenvalue weighted by molar-refractivity contribution is 6.30. The molecule has 2 aliphatic rings. The van der Waals surface area contributed by atoms with Crippen LogP contribution in [0.15, 0.2) is 24.3 Å². The molecule has 22 heavy (non-hydrogen) atoms. The second kappa shape index (κ2) is 7.36. The molecule has 2 unspecified atom stereocenters. The Morgan fingerprint density at radius 2 is 1.86 bits per heavy atom. The van der Waals surface area contributed by atoms with Crippen molar-refractivity contribution in [2.75, 3.05) is 13.2 Å². The normalized spacial score (nSPS) is 24.7. The van der Waals surface area contributed by atoms with Gasteiger partial charge in [-0.1, -0.05) is 24.4 Å². The van der Waals surface area contributed by atoms with Gasteiger partial charge >= 0.3 is 0 Å². The molecule has 0 radical (unpaired) electrons. The number of nitrogens with zero attached hydrogens (tertiary/aromatic N) is 1. The average molecular weight is 322 g/mol. The second-order valence-electron chi connectivity index (χ2n) is 6.39. The van der Waals surface area contributed by atoms with Crippen LogP contribution in [0.1, 0.15) is 44.9 Å². The molecule has 1 aromatic carbocycles. The molecule has 1 saturated heterocycles. The van der Waals surface area contributed by atoms with Crippen LogP contribution in [0.25, 0.3) is 0 Å². The van der Waals surface area contributed by atoms with Crippen molar-refractivity contribution in [1.82, 2.24) is 4.90 Å². The van der Waals surface area contributed by atoms with E-state index in [1.54, 1.807) is 12.1 Å². The van der Waals surface area contributed by atoms with Crippen molar-refractivity contribution in [2.24, 2.45) is 5.92 Å². The fourth-order valence-electron chi connectivity index (χ4n) is 3.87. The molecule has 0 N–H and O–H groups in total. The van der Waals surface area contributed by atoms with Crippen LogP contribution in [-0.2, 0) is 4.79 Å². The van der Waals surface area contributed by atoms with Crippen LogP contribution in [0.3, 0.4) is 0 Å². The van der Waals surface area contributed by atoms with E-state index in [4.69, 9.17) is 16.3 Å². The van der Waals surface area contributed by atoms with Crippen molar-refractivity contribution >= 4 is 17.5 Å². The minimum absolute atomic E-state index is 0.255. The minimum atomic E-state index is 0.255. The molecule has 1 amide bonds. The zero-order valence-electron chi connectivity index (χ0n) is 13.0. The van der Waals surface area contributed by atoms with Gasteiger partial charge in [-0.3, -0.25) is 4.79 Å². The summed E-state index contributed by atoms with van der Waals surface area (Å²) in [5, 5.41) is 0.695. The van der Waals surface area contributed by atoms with Crippen molar-refractivity contribution in [3.05, 3.63) is 29.3 Å². The lowest BCUT2D eigenvalue weighted by atomic mass is 9.78. The minimum Gasteiger partial charge on any atom is -0.493 e. The molecule has 2 fully saturated rings. The Balaban J connectivity index is 1.49. The van der Waals surface area contributed by atoms with E-state index in [-0.39, 0.29) is 5.91 Å². The molecule has 0 bridgehead atoms. The maximum absolute atomic E-state index is 12.5. The molecule has 3 rings (SSSR count). The average Bonchev–Trinajstić information content (AvgIpc) is 2.56. The molecule has 1 aromatic rings. The first kappa shape index (κ1) is 15.7. The van der Waals surface area contributed by atoms with Crippen LogP contribution in [0.4, 0.5) is 0 Å². The van der Waals surface area contributed by atoms with Gasteiger partial charge in [0.2, 0.25) is 5.91 Å². The van der Waals surface area contributed by atoms with E-state index in [1.165, 1.54) is 32.1 Å². The molecular weight excluding hydrogens is 298 g/mol. The van der Waals surface area contributed by atoms with Crippen molar-refractivity contribution in [2.45, 2.75) is 51.0 Å². The van der Waals surface area contributed by atoms with Crippen molar-refractivity contribution in [3.8, 4) is 5.75 Å². The number of carbonyl (C=O) groups excluding carboxylic acids is 1. The molecule has 2 atom stereocenters. The summed E-state index contributed by atoms with van der Waals surface area (Å²) in [4.78, 5) is 14.7. The first-order valence-corrected chi connectivity index (χ1v) is 8.79. The van der Waals surface area contributed by atoms with Crippen molar-refractivity contribution in [1.29, 1.82) is 0 Å². The van der Waals surface area contributed by atoms with E-state index < -0.39 is 0 Å². The molecule has 1 heterocycles. The number of amides is 1. The Labute approximate surface area is 137 Å². The Bertz CT molecular complexity index is 500. The zero-order chi connectivity index (χ0) is 15.4. The van der Waals surface area contributed by atoms with Gasteiger partial charge in [-0.2, -0.15) is 0 Å². The van der Waals surface area contributed by atoms with E-state index in [0.717, 1.165) is 24.6 Å². The maximum Gasteiger partial charge on any atom is 0.226 e. The largest absolute Gasteiger partial charge is 0.493 e. The van der Waals surface area contributed by atoms with Crippen LogP contribution in [0, 0.1) is 5.92 Å². The fraction of sp³-hybridized carbons (Fsp3) is 0.611. The Morgan fingerprint density at radius 3 is 2.68 bits per heavy atom. The molecule has 1 aliphatic carbocycles. The SMILES string of the molecule is O=C(CCOc1ccc(Cl)cc1)N1CCCC2CCCCC21. The Morgan fingerprint density at radius 1 is 1.14 bits per heavy atom. The van der Waals surface area contributed by atoms with Gasteiger partial charge in [-0.05, 0) is 55.9 Å². The lowest BCUT2D eigenvalue weighted by molar-refractivity contribution is -0.138. The number of hydrogen-bond donors (Lipinski definition) is 0. The second-order valence-corrected chi connectivity index (χ2v) is 6.83. The highest BCUT2D eigenvalue weighted by atomic mass is 35.5. The maximum atomic E-state index is 12.5. The molecule has 120 valence electrons. The summed E-state index contributed by atoms with van der Waals surface area (Å²) >= 11 is 5.85. The van der Waals surface area contributed by atoms with Crippen molar-refractivity contribution < 1.29 is 9.53 Å². The molecule has 1 aliphatic heterocycles. The molecule has 4 heteroatoms. The number of likely N-dealkylation sites (tertiary alicyclic amines) is 1. The number of ether oxygens (including phenoxy) is 1. The van der Waals surface area contributed by atoms with Gasteiger partial charge in [0.1, 0.15) is 5.75 Å². The number of hydrogen-bond acceptors (Lipinski definition) is 2. The zero-order valence-corrected chi connectivity index (χ0v) is 13.7. The lowest BCUT2D eigenvalue weighted by Gasteiger charge is -2.44. The van der Waals surface area contributed by atoms with Crippen LogP contribution in [0.2, 0.25) is 5.02 Å². The van der Waals surface area contributed by atoms with E-state index >= 15 is 0 Å². The third-order valence-electron chi connectivity index (χ3n) is 4.96. The van der Waals surface area contributed by atoms with Crippen LogP contribution >= 0.6 is 11.6 Å². The van der Waals surface area contributed by atoms with Crippen LogP contribution < -0.4 is 4.74 Å². The summed E-state index contributed by atoms with van der Waals surface area (Å²) < 4.78 is 5.65.